The minimum Gasteiger partial charge on any atom is -0.456 e. The molecule has 2 heterocycles. The van der Waals surface area contributed by atoms with Crippen LogP contribution in [0, 0.1) is 0 Å². The Labute approximate surface area is 353 Å². The van der Waals surface area contributed by atoms with Gasteiger partial charge in [0.15, 0.2) is 0 Å². The third-order valence-electron chi connectivity index (χ3n) is 12.1. The molecule has 0 radical (unpaired) electrons. The van der Waals surface area contributed by atoms with Crippen LogP contribution in [0.15, 0.2) is 233 Å². The van der Waals surface area contributed by atoms with Crippen LogP contribution < -0.4 is 4.90 Å². The van der Waals surface area contributed by atoms with E-state index in [4.69, 9.17) is 8.83 Å². The van der Waals surface area contributed by atoms with Crippen molar-refractivity contribution in [3.05, 3.63) is 224 Å². The molecule has 0 bridgehead atoms. The molecule has 12 rings (SSSR count). The zero-order chi connectivity index (χ0) is 40.3. The lowest BCUT2D eigenvalue weighted by atomic mass is 9.98. The van der Waals surface area contributed by atoms with Gasteiger partial charge in [-0.3, -0.25) is 0 Å². The van der Waals surface area contributed by atoms with Crippen molar-refractivity contribution < 1.29 is 8.83 Å². The highest BCUT2D eigenvalue weighted by Gasteiger charge is 2.17. The van der Waals surface area contributed by atoms with Gasteiger partial charge in [-0.05, 0) is 128 Å². The molecule has 0 spiro atoms. The Morgan fingerprint density at radius 1 is 0.262 bits per heavy atom. The van der Waals surface area contributed by atoms with Crippen molar-refractivity contribution in [3.8, 4) is 44.5 Å². The molecule has 10 aromatic carbocycles. The smallest absolute Gasteiger partial charge is 0.136 e. The van der Waals surface area contributed by atoms with Gasteiger partial charge in [-0.15, -0.1) is 0 Å². The first-order valence-electron chi connectivity index (χ1n) is 20.7. The molecule has 0 aliphatic carbocycles. The maximum Gasteiger partial charge on any atom is 0.136 e. The second-order valence-electron chi connectivity index (χ2n) is 15.7. The van der Waals surface area contributed by atoms with Gasteiger partial charge in [0.25, 0.3) is 0 Å². The number of anilines is 3. The first-order valence-corrected chi connectivity index (χ1v) is 20.7. The summed E-state index contributed by atoms with van der Waals surface area (Å²) in [6.07, 6.45) is 0. The van der Waals surface area contributed by atoms with Gasteiger partial charge in [0.1, 0.15) is 22.3 Å². The lowest BCUT2D eigenvalue weighted by molar-refractivity contribution is 0.668. The number of fused-ring (bicyclic) bond motifs is 7. The number of para-hydroxylation sites is 2. The lowest BCUT2D eigenvalue weighted by Crippen LogP contribution is -2.10. The van der Waals surface area contributed by atoms with Crippen LogP contribution in [0.5, 0.6) is 0 Å². The quantitative estimate of drug-likeness (QED) is 0.161. The second kappa shape index (κ2) is 14.3. The number of nitrogens with zero attached hydrogens (tertiary/aromatic N) is 1. The number of rotatable bonds is 7. The van der Waals surface area contributed by atoms with Gasteiger partial charge in [0.2, 0.25) is 0 Å². The van der Waals surface area contributed by atoms with Crippen LogP contribution >= 0.6 is 0 Å². The first-order chi connectivity index (χ1) is 30.2. The van der Waals surface area contributed by atoms with Gasteiger partial charge < -0.3 is 13.7 Å². The van der Waals surface area contributed by atoms with Crippen LogP contribution in [0.25, 0.3) is 99.2 Å². The highest BCUT2D eigenvalue weighted by molar-refractivity contribution is 6.12. The van der Waals surface area contributed by atoms with Crippen molar-refractivity contribution in [3.63, 3.8) is 0 Å². The standard InChI is InChI=1S/C58H37NO2/c1-2-10-43-35-45(24-23-38(43)9-1)41-21-19-39(20-22-41)40-25-30-47(31-26-40)59(48-32-27-42(28-33-48)50-15-8-18-57-58(50)52-14-4-6-17-55(52)61-57)49-12-7-11-44(36-49)46-29-34-56-53(37-46)51-13-3-5-16-54(51)60-56/h1-37H. The van der Waals surface area contributed by atoms with Crippen molar-refractivity contribution in [2.75, 3.05) is 4.90 Å². The van der Waals surface area contributed by atoms with E-state index in [1.54, 1.807) is 0 Å². The highest BCUT2D eigenvalue weighted by Crippen LogP contribution is 2.42. The SMILES string of the molecule is c1cc(-c2ccc3oc4ccccc4c3c2)cc(N(c2ccc(-c3ccc(-c4ccc5ccccc5c4)cc3)cc2)c2ccc(-c3cccc4oc5ccccc5c34)cc2)c1. The van der Waals surface area contributed by atoms with E-state index < -0.39 is 0 Å². The third kappa shape index (κ3) is 6.14. The summed E-state index contributed by atoms with van der Waals surface area (Å²) in [5, 5.41) is 7.01. The van der Waals surface area contributed by atoms with Gasteiger partial charge in [-0.2, -0.15) is 0 Å². The van der Waals surface area contributed by atoms with Gasteiger partial charge in [0, 0.05) is 38.6 Å². The summed E-state index contributed by atoms with van der Waals surface area (Å²) in [7, 11) is 0. The highest BCUT2D eigenvalue weighted by atomic mass is 16.3. The van der Waals surface area contributed by atoms with E-state index in [1.807, 2.05) is 24.3 Å². The fourth-order valence-corrected chi connectivity index (χ4v) is 9.01. The number of furan rings is 2. The molecule has 286 valence electrons. The minimum atomic E-state index is 0.894. The largest absolute Gasteiger partial charge is 0.456 e. The summed E-state index contributed by atoms with van der Waals surface area (Å²) in [6, 6.07) is 80.1. The molecule has 0 unspecified atom stereocenters. The van der Waals surface area contributed by atoms with Gasteiger partial charge in [0.05, 0.1) is 0 Å². The van der Waals surface area contributed by atoms with Crippen molar-refractivity contribution in [2.45, 2.75) is 0 Å². The van der Waals surface area contributed by atoms with Crippen LogP contribution in [0.2, 0.25) is 0 Å². The van der Waals surface area contributed by atoms with E-state index in [0.29, 0.717) is 0 Å². The average Bonchev–Trinajstić information content (AvgIpc) is 3.91. The molecule has 0 amide bonds. The molecule has 0 aliphatic rings. The molecule has 3 nitrogen and oxygen atoms in total. The van der Waals surface area contributed by atoms with Gasteiger partial charge in [-0.1, -0.05) is 152 Å². The fraction of sp³-hybridized carbons (Fsp3) is 0. The molecule has 0 saturated carbocycles. The Hall–Kier alpha value is -8.14. The number of hydrogen-bond acceptors (Lipinski definition) is 3. The normalized spacial score (nSPS) is 11.6. The van der Waals surface area contributed by atoms with Gasteiger partial charge >= 0.3 is 0 Å². The Bertz CT molecular complexity index is 3580. The summed E-state index contributed by atoms with van der Waals surface area (Å²) >= 11 is 0. The summed E-state index contributed by atoms with van der Waals surface area (Å²) in [5.74, 6) is 0. The summed E-state index contributed by atoms with van der Waals surface area (Å²) in [5.41, 5.74) is 16.1. The van der Waals surface area contributed by atoms with Crippen LogP contribution in [-0.2, 0) is 0 Å². The maximum atomic E-state index is 6.25. The maximum absolute atomic E-state index is 6.25. The van der Waals surface area contributed by atoms with Crippen LogP contribution in [0.4, 0.5) is 17.1 Å². The molecule has 0 atom stereocenters. The molecular weight excluding hydrogens is 743 g/mol. The zero-order valence-electron chi connectivity index (χ0n) is 33.1. The van der Waals surface area contributed by atoms with Crippen molar-refractivity contribution in [1.29, 1.82) is 0 Å². The lowest BCUT2D eigenvalue weighted by Gasteiger charge is -2.26. The van der Waals surface area contributed by atoms with E-state index in [9.17, 15) is 0 Å². The first kappa shape index (κ1) is 34.9. The van der Waals surface area contributed by atoms with Crippen molar-refractivity contribution in [1.82, 2.24) is 0 Å². The Kier molecular flexibility index (Phi) is 8.17. The summed E-state index contributed by atoms with van der Waals surface area (Å²) in [4.78, 5) is 2.35. The van der Waals surface area contributed by atoms with Crippen LogP contribution in [-0.4, -0.2) is 0 Å². The molecule has 3 heteroatoms. The van der Waals surface area contributed by atoms with E-state index in [-0.39, 0.29) is 0 Å². The summed E-state index contributed by atoms with van der Waals surface area (Å²) in [6.45, 7) is 0. The predicted molar refractivity (Wildman–Crippen MR) is 255 cm³/mol. The molecule has 0 N–H and O–H groups in total. The Balaban J connectivity index is 0.924. The molecule has 0 aliphatic heterocycles. The molecule has 0 fully saturated rings. The molecule has 61 heavy (non-hydrogen) atoms. The molecular formula is C58H37NO2. The van der Waals surface area contributed by atoms with E-state index >= 15 is 0 Å². The topological polar surface area (TPSA) is 29.5 Å². The number of hydrogen-bond donors (Lipinski definition) is 0. The number of benzene rings is 10. The fourth-order valence-electron chi connectivity index (χ4n) is 9.01. The van der Waals surface area contributed by atoms with Crippen LogP contribution in [0.3, 0.4) is 0 Å². The average molecular weight is 780 g/mol. The van der Waals surface area contributed by atoms with E-state index in [2.05, 4.69) is 205 Å². The molecule has 0 saturated heterocycles. The van der Waals surface area contributed by atoms with E-state index in [0.717, 1.165) is 83.2 Å². The van der Waals surface area contributed by atoms with Crippen LogP contribution in [0.1, 0.15) is 0 Å². The van der Waals surface area contributed by atoms with E-state index in [1.165, 1.54) is 33.0 Å². The minimum absolute atomic E-state index is 0.894. The third-order valence-corrected chi connectivity index (χ3v) is 12.1. The second-order valence-corrected chi connectivity index (χ2v) is 15.7. The summed E-state index contributed by atoms with van der Waals surface area (Å²) < 4.78 is 12.4. The molecule has 12 aromatic rings. The van der Waals surface area contributed by atoms with Crippen molar-refractivity contribution in [2.24, 2.45) is 0 Å². The monoisotopic (exact) mass is 779 g/mol. The van der Waals surface area contributed by atoms with Crippen molar-refractivity contribution >= 4 is 71.7 Å². The zero-order valence-corrected chi connectivity index (χ0v) is 33.1. The Morgan fingerprint density at radius 3 is 1.54 bits per heavy atom. The van der Waals surface area contributed by atoms with Gasteiger partial charge in [-0.25, -0.2) is 0 Å². The Morgan fingerprint density at radius 2 is 0.770 bits per heavy atom. The molecule has 2 aromatic heterocycles. The predicted octanol–water partition coefficient (Wildman–Crippen LogP) is 16.8.